The van der Waals surface area contributed by atoms with Gasteiger partial charge in [-0.1, -0.05) is 6.92 Å². The summed E-state index contributed by atoms with van der Waals surface area (Å²) in [7, 11) is 1.95. The Morgan fingerprint density at radius 3 is 2.90 bits per heavy atom. The van der Waals surface area contributed by atoms with Gasteiger partial charge in [0.2, 0.25) is 0 Å². The topological polar surface area (TPSA) is 67.2 Å². The summed E-state index contributed by atoms with van der Waals surface area (Å²) >= 11 is 0. The van der Waals surface area contributed by atoms with Crippen molar-refractivity contribution in [3.05, 3.63) is 17.5 Å². The summed E-state index contributed by atoms with van der Waals surface area (Å²) in [4.78, 5) is 11.5. The fraction of sp³-hybridized carbons (Fsp3) is 0.733. The number of hydrogen-bond donors (Lipinski definition) is 2. The van der Waals surface area contributed by atoms with Gasteiger partial charge in [0, 0.05) is 19.6 Å². The van der Waals surface area contributed by atoms with Crippen molar-refractivity contribution in [2.75, 3.05) is 0 Å². The molecule has 0 saturated heterocycles. The van der Waals surface area contributed by atoms with E-state index in [1.807, 2.05) is 11.7 Å². The number of nitrogens with zero attached hydrogens (tertiary/aromatic N) is 2. The van der Waals surface area contributed by atoms with Crippen molar-refractivity contribution in [2.24, 2.45) is 24.8 Å². The lowest BCUT2D eigenvalue weighted by Crippen LogP contribution is -2.44. The van der Waals surface area contributed by atoms with Crippen LogP contribution in [0.25, 0.3) is 0 Å². The fourth-order valence-electron chi connectivity index (χ4n) is 4.07. The number of hydrogen-bond acceptors (Lipinski definition) is 3. The number of aromatic nitrogens is 2. The molecule has 2 aliphatic rings. The van der Waals surface area contributed by atoms with Crippen LogP contribution in [0.5, 0.6) is 0 Å². The maximum atomic E-state index is 11.5. The van der Waals surface area contributed by atoms with E-state index in [0.717, 1.165) is 30.7 Å². The summed E-state index contributed by atoms with van der Waals surface area (Å²) in [6.07, 6.45) is 4.28. The number of aliphatic carboxylic acids is 1. The van der Waals surface area contributed by atoms with Crippen LogP contribution in [0.1, 0.15) is 37.6 Å². The molecule has 1 heterocycles. The minimum atomic E-state index is -0.631. The largest absolute Gasteiger partial charge is 0.481 e. The van der Waals surface area contributed by atoms with E-state index >= 15 is 0 Å². The summed E-state index contributed by atoms with van der Waals surface area (Å²) in [6, 6.07) is 2.24. The van der Waals surface area contributed by atoms with Crippen molar-refractivity contribution in [1.82, 2.24) is 15.1 Å². The van der Waals surface area contributed by atoms with Gasteiger partial charge in [-0.15, -0.1) is 0 Å². The zero-order chi connectivity index (χ0) is 14.3. The Bertz CT molecular complexity index is 511. The van der Waals surface area contributed by atoms with Crippen LogP contribution in [0.3, 0.4) is 0 Å². The SMILES string of the molecule is CCc1cc(CNC2C3CCC(C3)C2C(=O)O)n(C)n1. The molecule has 0 aromatic carbocycles. The van der Waals surface area contributed by atoms with E-state index < -0.39 is 5.97 Å². The van der Waals surface area contributed by atoms with Gasteiger partial charge in [-0.25, -0.2) is 0 Å². The summed E-state index contributed by atoms with van der Waals surface area (Å²) in [5.41, 5.74) is 2.22. The lowest BCUT2D eigenvalue weighted by Gasteiger charge is -2.29. The molecule has 1 aromatic heterocycles. The quantitative estimate of drug-likeness (QED) is 0.857. The predicted molar refractivity (Wildman–Crippen MR) is 75.2 cm³/mol. The summed E-state index contributed by atoms with van der Waals surface area (Å²) < 4.78 is 1.90. The number of carbonyl (C=O) groups is 1. The minimum Gasteiger partial charge on any atom is -0.481 e. The summed E-state index contributed by atoms with van der Waals surface area (Å²) in [6.45, 7) is 2.80. The van der Waals surface area contributed by atoms with Crippen molar-refractivity contribution in [3.8, 4) is 0 Å². The van der Waals surface area contributed by atoms with Gasteiger partial charge >= 0.3 is 5.97 Å². The van der Waals surface area contributed by atoms with Crippen LogP contribution in [-0.2, 0) is 24.8 Å². The average molecular weight is 277 g/mol. The minimum absolute atomic E-state index is 0.131. The van der Waals surface area contributed by atoms with Crippen molar-refractivity contribution in [2.45, 2.75) is 45.2 Å². The second-order valence-electron chi connectivity index (χ2n) is 6.21. The Hall–Kier alpha value is -1.36. The molecule has 2 bridgehead atoms. The summed E-state index contributed by atoms with van der Waals surface area (Å²) in [5.74, 6) is 0.0919. The average Bonchev–Trinajstić information content (AvgIpc) is 3.09. The van der Waals surface area contributed by atoms with Crippen molar-refractivity contribution in [1.29, 1.82) is 0 Å². The first-order chi connectivity index (χ1) is 9.60. The maximum Gasteiger partial charge on any atom is 0.308 e. The van der Waals surface area contributed by atoms with E-state index in [1.165, 1.54) is 6.42 Å². The highest BCUT2D eigenvalue weighted by atomic mass is 16.4. The van der Waals surface area contributed by atoms with Crippen LogP contribution < -0.4 is 5.32 Å². The Morgan fingerprint density at radius 1 is 1.50 bits per heavy atom. The molecule has 2 saturated carbocycles. The Labute approximate surface area is 119 Å². The monoisotopic (exact) mass is 277 g/mol. The zero-order valence-corrected chi connectivity index (χ0v) is 12.2. The molecule has 2 aliphatic carbocycles. The highest BCUT2D eigenvalue weighted by Crippen LogP contribution is 2.48. The molecule has 1 aromatic rings. The molecule has 20 heavy (non-hydrogen) atoms. The summed E-state index contributed by atoms with van der Waals surface area (Å²) in [5, 5.41) is 17.4. The van der Waals surface area contributed by atoms with Crippen LogP contribution in [0.4, 0.5) is 0 Å². The molecule has 0 amide bonds. The van der Waals surface area contributed by atoms with Gasteiger partial charge in [-0.05, 0) is 43.6 Å². The molecular weight excluding hydrogens is 254 g/mol. The van der Waals surface area contributed by atoms with E-state index in [2.05, 4.69) is 23.4 Å². The predicted octanol–water partition coefficient (Wildman–Crippen LogP) is 1.57. The van der Waals surface area contributed by atoms with Gasteiger partial charge in [0.05, 0.1) is 17.3 Å². The van der Waals surface area contributed by atoms with Crippen molar-refractivity contribution >= 4 is 5.97 Å². The van der Waals surface area contributed by atoms with E-state index in [0.29, 0.717) is 18.4 Å². The zero-order valence-electron chi connectivity index (χ0n) is 12.2. The van der Waals surface area contributed by atoms with Gasteiger partial charge in [0.25, 0.3) is 0 Å². The highest BCUT2D eigenvalue weighted by Gasteiger charge is 2.50. The lowest BCUT2D eigenvalue weighted by atomic mass is 9.84. The van der Waals surface area contributed by atoms with Crippen LogP contribution in [0.2, 0.25) is 0 Å². The van der Waals surface area contributed by atoms with E-state index in [1.54, 1.807) is 0 Å². The molecule has 3 rings (SSSR count). The molecular formula is C15H23N3O2. The molecule has 0 radical (unpaired) electrons. The van der Waals surface area contributed by atoms with Gasteiger partial charge in [0.1, 0.15) is 0 Å². The second-order valence-corrected chi connectivity index (χ2v) is 6.21. The smallest absolute Gasteiger partial charge is 0.308 e. The number of rotatable bonds is 5. The molecule has 0 spiro atoms. The lowest BCUT2D eigenvalue weighted by molar-refractivity contribution is -0.144. The van der Waals surface area contributed by atoms with Crippen LogP contribution in [0.15, 0.2) is 6.07 Å². The van der Waals surface area contributed by atoms with E-state index in [-0.39, 0.29) is 12.0 Å². The number of carboxylic acids is 1. The molecule has 0 aliphatic heterocycles. The molecule has 4 unspecified atom stereocenters. The number of carboxylic acid groups (broad SMARTS) is 1. The molecule has 2 fully saturated rings. The standard InChI is InChI=1S/C15H23N3O2/c1-3-11-7-12(18(2)17-11)8-16-14-10-5-4-9(6-10)13(14)15(19)20/h7,9-10,13-14,16H,3-6,8H2,1-2H3,(H,19,20). The van der Waals surface area contributed by atoms with Gasteiger partial charge in [0.15, 0.2) is 0 Å². The normalized spacial score (nSPS) is 31.9. The van der Waals surface area contributed by atoms with E-state index in [4.69, 9.17) is 0 Å². The van der Waals surface area contributed by atoms with Gasteiger partial charge in [-0.3, -0.25) is 9.48 Å². The van der Waals surface area contributed by atoms with Crippen molar-refractivity contribution in [3.63, 3.8) is 0 Å². The second kappa shape index (κ2) is 5.20. The number of fused-ring (bicyclic) bond motifs is 2. The molecule has 110 valence electrons. The third-order valence-corrected chi connectivity index (χ3v) is 5.11. The Kier molecular flexibility index (Phi) is 3.54. The van der Waals surface area contributed by atoms with Crippen molar-refractivity contribution < 1.29 is 9.90 Å². The fourth-order valence-corrected chi connectivity index (χ4v) is 4.07. The third kappa shape index (κ3) is 2.24. The van der Waals surface area contributed by atoms with Gasteiger partial charge < -0.3 is 10.4 Å². The first kappa shape index (κ1) is 13.6. The molecule has 5 nitrogen and oxygen atoms in total. The van der Waals surface area contributed by atoms with Crippen LogP contribution >= 0.6 is 0 Å². The first-order valence-electron chi connectivity index (χ1n) is 7.58. The first-order valence-corrected chi connectivity index (χ1v) is 7.58. The van der Waals surface area contributed by atoms with Crippen LogP contribution in [0, 0.1) is 17.8 Å². The van der Waals surface area contributed by atoms with Gasteiger partial charge in [-0.2, -0.15) is 5.10 Å². The van der Waals surface area contributed by atoms with Crippen LogP contribution in [-0.4, -0.2) is 26.9 Å². The molecule has 5 heteroatoms. The highest BCUT2D eigenvalue weighted by molar-refractivity contribution is 5.72. The Balaban J connectivity index is 1.68. The third-order valence-electron chi connectivity index (χ3n) is 5.11. The number of aryl methyl sites for hydroxylation is 2. The molecule has 2 N–H and O–H groups in total. The maximum absolute atomic E-state index is 11.5. The molecule has 4 atom stereocenters. The van der Waals surface area contributed by atoms with E-state index in [9.17, 15) is 9.90 Å². The number of nitrogens with one attached hydrogen (secondary N) is 1. The Morgan fingerprint density at radius 2 is 2.25 bits per heavy atom.